The third kappa shape index (κ3) is 4.77. The molecule has 0 bridgehead atoms. The first-order chi connectivity index (χ1) is 12.2. The lowest BCUT2D eigenvalue weighted by atomic mass is 9.91. The first-order valence-electron chi connectivity index (χ1n) is 9.27. The number of pyridine rings is 1. The fourth-order valence-corrected chi connectivity index (χ4v) is 3.75. The van der Waals surface area contributed by atoms with E-state index in [0.29, 0.717) is 12.5 Å². The fraction of sp³-hybridized carbons (Fsp3) is 0.684. The molecule has 0 unspecified atom stereocenters. The zero-order chi connectivity index (χ0) is 17.6. The van der Waals surface area contributed by atoms with Crippen LogP contribution in [0.2, 0.25) is 0 Å². The third-order valence-corrected chi connectivity index (χ3v) is 5.17. The normalized spacial score (nSPS) is 26.4. The van der Waals surface area contributed by atoms with Gasteiger partial charge >= 0.3 is 0 Å². The number of rotatable bonds is 7. The van der Waals surface area contributed by atoms with Gasteiger partial charge in [-0.1, -0.05) is 6.07 Å². The molecule has 2 aliphatic rings. The Morgan fingerprint density at radius 1 is 1.48 bits per heavy atom. The monoisotopic (exact) mass is 347 g/mol. The van der Waals surface area contributed by atoms with E-state index in [1.807, 2.05) is 32.2 Å². The van der Waals surface area contributed by atoms with E-state index in [-0.39, 0.29) is 18.1 Å². The molecule has 0 saturated carbocycles. The topological polar surface area (TPSA) is 54.9 Å². The maximum Gasteiger partial charge on any atom is 0.251 e. The van der Waals surface area contributed by atoms with Crippen LogP contribution >= 0.6 is 0 Å². The highest BCUT2D eigenvalue weighted by Crippen LogP contribution is 2.33. The van der Waals surface area contributed by atoms with Gasteiger partial charge in [-0.3, -0.25) is 14.7 Å². The maximum atomic E-state index is 12.7. The summed E-state index contributed by atoms with van der Waals surface area (Å²) in [6.45, 7) is 6.99. The molecule has 6 nitrogen and oxygen atoms in total. The second kappa shape index (κ2) is 8.74. The largest absolute Gasteiger partial charge is 0.380 e. The summed E-state index contributed by atoms with van der Waals surface area (Å²) in [5, 5.41) is 0. The molecule has 0 N–H and O–H groups in total. The van der Waals surface area contributed by atoms with Gasteiger partial charge in [-0.25, -0.2) is 0 Å². The zero-order valence-electron chi connectivity index (χ0n) is 15.3. The van der Waals surface area contributed by atoms with Crippen molar-refractivity contribution >= 4 is 5.91 Å². The summed E-state index contributed by atoms with van der Waals surface area (Å²) in [6.07, 6.45) is 3.56. The SMILES string of the molecule is CCOCCN1CC[C@H]2C[C@H](C(=O)N(C)Cc3ccccn3)O[C@@H]2C1. The van der Waals surface area contributed by atoms with Crippen molar-refractivity contribution in [3.05, 3.63) is 30.1 Å². The predicted molar refractivity (Wildman–Crippen MR) is 95.0 cm³/mol. The molecule has 2 saturated heterocycles. The van der Waals surface area contributed by atoms with Crippen LogP contribution in [0.5, 0.6) is 0 Å². The molecule has 25 heavy (non-hydrogen) atoms. The smallest absolute Gasteiger partial charge is 0.251 e. The fourth-order valence-electron chi connectivity index (χ4n) is 3.75. The third-order valence-electron chi connectivity index (χ3n) is 5.17. The number of hydrogen-bond acceptors (Lipinski definition) is 5. The molecule has 3 rings (SSSR count). The van der Waals surface area contributed by atoms with Gasteiger partial charge in [-0.15, -0.1) is 0 Å². The lowest BCUT2D eigenvalue weighted by Gasteiger charge is -2.33. The summed E-state index contributed by atoms with van der Waals surface area (Å²) in [5.74, 6) is 0.571. The highest BCUT2D eigenvalue weighted by Gasteiger charge is 2.42. The van der Waals surface area contributed by atoms with Crippen molar-refractivity contribution in [2.45, 2.75) is 38.5 Å². The number of likely N-dealkylation sites (N-methyl/N-ethyl adjacent to an activating group) is 1. The average molecular weight is 347 g/mol. The molecule has 0 aromatic carbocycles. The van der Waals surface area contributed by atoms with E-state index in [2.05, 4.69) is 9.88 Å². The highest BCUT2D eigenvalue weighted by molar-refractivity contribution is 5.81. The van der Waals surface area contributed by atoms with Crippen LogP contribution in [-0.2, 0) is 20.8 Å². The Hall–Kier alpha value is -1.50. The van der Waals surface area contributed by atoms with E-state index in [9.17, 15) is 4.79 Å². The Morgan fingerprint density at radius 2 is 2.36 bits per heavy atom. The average Bonchev–Trinajstić information content (AvgIpc) is 3.05. The Kier molecular flexibility index (Phi) is 6.39. The summed E-state index contributed by atoms with van der Waals surface area (Å²) >= 11 is 0. The van der Waals surface area contributed by atoms with Crippen LogP contribution in [0.3, 0.4) is 0 Å². The molecule has 1 amide bonds. The van der Waals surface area contributed by atoms with Gasteiger partial charge in [0.1, 0.15) is 6.10 Å². The molecule has 2 aliphatic heterocycles. The predicted octanol–water partition coefficient (Wildman–Crippen LogP) is 1.56. The van der Waals surface area contributed by atoms with Gasteiger partial charge in [-0.2, -0.15) is 0 Å². The van der Waals surface area contributed by atoms with Crippen LogP contribution in [0.1, 0.15) is 25.5 Å². The Bertz CT molecular complexity index is 554. The first-order valence-corrected chi connectivity index (χ1v) is 9.27. The van der Waals surface area contributed by atoms with E-state index in [1.54, 1.807) is 11.1 Å². The summed E-state index contributed by atoms with van der Waals surface area (Å²) in [4.78, 5) is 21.1. The second-order valence-electron chi connectivity index (χ2n) is 6.96. The van der Waals surface area contributed by atoms with Gasteiger partial charge < -0.3 is 14.4 Å². The number of carbonyl (C=O) groups is 1. The number of likely N-dealkylation sites (tertiary alicyclic amines) is 1. The van der Waals surface area contributed by atoms with E-state index >= 15 is 0 Å². The summed E-state index contributed by atoms with van der Waals surface area (Å²) in [7, 11) is 1.83. The zero-order valence-corrected chi connectivity index (χ0v) is 15.3. The minimum atomic E-state index is -0.310. The summed E-state index contributed by atoms with van der Waals surface area (Å²) in [5.41, 5.74) is 0.899. The van der Waals surface area contributed by atoms with Crippen molar-refractivity contribution in [3.63, 3.8) is 0 Å². The minimum Gasteiger partial charge on any atom is -0.380 e. The number of fused-ring (bicyclic) bond motifs is 1. The number of carbonyl (C=O) groups excluding carboxylic acids is 1. The molecule has 0 radical (unpaired) electrons. The van der Waals surface area contributed by atoms with Crippen molar-refractivity contribution in [1.29, 1.82) is 0 Å². The molecule has 6 heteroatoms. The molecular weight excluding hydrogens is 318 g/mol. The molecular formula is C19H29N3O3. The lowest BCUT2D eigenvalue weighted by Crippen LogP contribution is -2.43. The molecule has 0 spiro atoms. The van der Waals surface area contributed by atoms with Crippen molar-refractivity contribution < 1.29 is 14.3 Å². The van der Waals surface area contributed by atoms with Crippen LogP contribution in [-0.4, -0.2) is 72.8 Å². The van der Waals surface area contributed by atoms with Gasteiger partial charge in [-0.05, 0) is 44.4 Å². The lowest BCUT2D eigenvalue weighted by molar-refractivity contribution is -0.143. The van der Waals surface area contributed by atoms with Gasteiger partial charge in [0.2, 0.25) is 0 Å². The first kappa shape index (κ1) is 18.3. The molecule has 1 aromatic rings. The van der Waals surface area contributed by atoms with Crippen molar-refractivity contribution in [3.8, 4) is 0 Å². The second-order valence-corrected chi connectivity index (χ2v) is 6.96. The Balaban J connectivity index is 1.49. The van der Waals surface area contributed by atoms with Gasteiger partial charge in [0.05, 0.1) is 24.9 Å². The number of amides is 1. The van der Waals surface area contributed by atoms with Crippen LogP contribution in [0.4, 0.5) is 0 Å². The molecule has 1 aromatic heterocycles. The van der Waals surface area contributed by atoms with Crippen LogP contribution in [0.25, 0.3) is 0 Å². The van der Waals surface area contributed by atoms with Gasteiger partial charge in [0, 0.05) is 32.9 Å². The summed E-state index contributed by atoms with van der Waals surface area (Å²) in [6, 6.07) is 5.76. The number of nitrogens with zero attached hydrogens (tertiary/aromatic N) is 3. The standard InChI is InChI=1S/C19H29N3O3/c1-3-24-11-10-22-9-7-15-12-17(25-18(15)14-22)19(23)21(2)13-16-6-4-5-8-20-16/h4-6,8,15,17-18H,3,7,9-14H2,1-2H3/t15-,17+,18+/m0/s1. The van der Waals surface area contributed by atoms with Crippen LogP contribution < -0.4 is 0 Å². The van der Waals surface area contributed by atoms with Gasteiger partial charge in [0.25, 0.3) is 5.91 Å². The number of aromatic nitrogens is 1. The van der Waals surface area contributed by atoms with Crippen LogP contribution in [0, 0.1) is 5.92 Å². The quantitative estimate of drug-likeness (QED) is 0.701. The van der Waals surface area contributed by atoms with E-state index in [1.165, 1.54) is 0 Å². The maximum absolute atomic E-state index is 12.7. The molecule has 138 valence electrons. The number of piperidine rings is 1. The van der Waals surface area contributed by atoms with Gasteiger partial charge in [0.15, 0.2) is 0 Å². The highest BCUT2D eigenvalue weighted by atomic mass is 16.5. The van der Waals surface area contributed by atoms with Crippen molar-refractivity contribution in [2.75, 3.05) is 39.9 Å². The van der Waals surface area contributed by atoms with E-state index < -0.39 is 0 Å². The summed E-state index contributed by atoms with van der Waals surface area (Å²) < 4.78 is 11.6. The molecule has 3 heterocycles. The van der Waals surface area contributed by atoms with Crippen molar-refractivity contribution in [1.82, 2.24) is 14.8 Å². The number of hydrogen-bond donors (Lipinski definition) is 0. The van der Waals surface area contributed by atoms with E-state index in [4.69, 9.17) is 9.47 Å². The molecule has 3 atom stereocenters. The van der Waals surface area contributed by atoms with Crippen LogP contribution in [0.15, 0.2) is 24.4 Å². The van der Waals surface area contributed by atoms with Crippen molar-refractivity contribution in [2.24, 2.45) is 5.92 Å². The Labute approximate surface area is 150 Å². The Morgan fingerprint density at radius 3 is 3.12 bits per heavy atom. The minimum absolute atomic E-state index is 0.0703. The number of ether oxygens (including phenoxy) is 2. The van der Waals surface area contributed by atoms with E-state index in [0.717, 1.165) is 51.4 Å². The molecule has 2 fully saturated rings. The molecule has 0 aliphatic carbocycles.